The third-order valence-corrected chi connectivity index (χ3v) is 9.32. The minimum absolute atomic E-state index is 0.0541. The zero-order chi connectivity index (χ0) is 34.6. The van der Waals surface area contributed by atoms with Gasteiger partial charge in [0.2, 0.25) is 0 Å². The van der Waals surface area contributed by atoms with Crippen molar-refractivity contribution in [2.75, 3.05) is 39.5 Å². The van der Waals surface area contributed by atoms with Crippen LogP contribution in [0.4, 0.5) is 0 Å². The van der Waals surface area contributed by atoms with Crippen molar-refractivity contribution in [3.8, 4) is 0 Å². The summed E-state index contributed by atoms with van der Waals surface area (Å²) >= 11 is 0. The molecular weight excluding hydrogens is 594 g/mol. The Balaban J connectivity index is 2.08. The Morgan fingerprint density at radius 1 is 0.521 bits per heavy atom. The first-order valence-corrected chi connectivity index (χ1v) is 20.6. The molecular formula is C43H79NO4. The van der Waals surface area contributed by atoms with Crippen LogP contribution in [0.25, 0.3) is 0 Å². The van der Waals surface area contributed by atoms with E-state index < -0.39 is 6.10 Å². The fraction of sp³-hybridized carbons (Fsp3) is 0.814. The molecule has 1 heterocycles. The number of ether oxygens (including phenoxy) is 2. The average Bonchev–Trinajstić information content (AvgIpc) is 3.47. The highest BCUT2D eigenvalue weighted by molar-refractivity contribution is 4.93. The summed E-state index contributed by atoms with van der Waals surface area (Å²) in [4.78, 5) is 2.19. The van der Waals surface area contributed by atoms with Crippen LogP contribution in [0, 0.1) is 0 Å². The Hall–Kier alpha value is -1.24. The van der Waals surface area contributed by atoms with Crippen LogP contribution in [0.3, 0.4) is 0 Å². The minimum Gasteiger partial charge on any atom is -0.394 e. The normalized spacial score (nSPS) is 18.2. The van der Waals surface area contributed by atoms with Gasteiger partial charge in [0.25, 0.3) is 0 Å². The maximum atomic E-state index is 9.97. The number of hydrogen-bond acceptors (Lipinski definition) is 5. The van der Waals surface area contributed by atoms with Gasteiger partial charge in [-0.3, -0.25) is 4.90 Å². The van der Waals surface area contributed by atoms with Crippen molar-refractivity contribution >= 4 is 0 Å². The van der Waals surface area contributed by atoms with E-state index in [0.29, 0.717) is 6.54 Å². The number of nitrogens with zero attached hydrogens (tertiary/aromatic N) is 1. The molecule has 2 N–H and O–H groups in total. The van der Waals surface area contributed by atoms with E-state index in [1.807, 2.05) is 0 Å². The van der Waals surface area contributed by atoms with Crippen molar-refractivity contribution < 1.29 is 19.7 Å². The Morgan fingerprint density at radius 3 is 1.25 bits per heavy atom. The molecule has 1 aliphatic rings. The lowest BCUT2D eigenvalue weighted by molar-refractivity contribution is -0.0481. The molecule has 3 atom stereocenters. The van der Waals surface area contributed by atoms with E-state index in [2.05, 4.69) is 67.4 Å². The summed E-state index contributed by atoms with van der Waals surface area (Å²) in [6.07, 6.45) is 48.0. The maximum Gasteiger partial charge on any atom is 0.0975 e. The molecule has 0 aromatic carbocycles. The van der Waals surface area contributed by atoms with E-state index in [9.17, 15) is 10.2 Å². The molecule has 0 bridgehead atoms. The zero-order valence-electron chi connectivity index (χ0n) is 31.7. The highest BCUT2D eigenvalue weighted by Gasteiger charge is 2.34. The van der Waals surface area contributed by atoms with Crippen molar-refractivity contribution in [1.29, 1.82) is 0 Å². The lowest BCUT2D eigenvalue weighted by Crippen LogP contribution is -2.33. The number of rotatable bonds is 35. The summed E-state index contributed by atoms with van der Waals surface area (Å²) in [7, 11) is 0. The molecule has 0 spiro atoms. The zero-order valence-corrected chi connectivity index (χ0v) is 31.7. The van der Waals surface area contributed by atoms with E-state index in [1.54, 1.807) is 0 Å². The van der Waals surface area contributed by atoms with Gasteiger partial charge >= 0.3 is 0 Å². The molecule has 1 unspecified atom stereocenters. The smallest absolute Gasteiger partial charge is 0.0975 e. The molecule has 280 valence electrons. The third-order valence-electron chi connectivity index (χ3n) is 9.32. The molecule has 1 saturated heterocycles. The number of unbranched alkanes of at least 4 members (excludes halogenated alkanes) is 18. The summed E-state index contributed by atoms with van der Waals surface area (Å²) in [6, 6.07) is 0. The molecule has 5 heteroatoms. The van der Waals surface area contributed by atoms with Gasteiger partial charge in [-0.05, 0) is 77.0 Å². The topological polar surface area (TPSA) is 62.2 Å². The van der Waals surface area contributed by atoms with E-state index in [0.717, 1.165) is 52.0 Å². The second-order valence-corrected chi connectivity index (χ2v) is 14.0. The quantitative estimate of drug-likeness (QED) is 0.0518. The fourth-order valence-corrected chi connectivity index (χ4v) is 6.29. The highest BCUT2D eigenvalue weighted by atomic mass is 16.5. The average molecular weight is 674 g/mol. The van der Waals surface area contributed by atoms with E-state index >= 15 is 0 Å². The molecule has 0 saturated carbocycles. The largest absolute Gasteiger partial charge is 0.394 e. The first-order chi connectivity index (χ1) is 23.7. The third kappa shape index (κ3) is 28.6. The van der Waals surface area contributed by atoms with Crippen LogP contribution >= 0.6 is 0 Å². The van der Waals surface area contributed by atoms with Gasteiger partial charge in [0.15, 0.2) is 0 Å². The van der Waals surface area contributed by atoms with Gasteiger partial charge in [-0.1, -0.05) is 140 Å². The van der Waals surface area contributed by atoms with Gasteiger partial charge in [0.05, 0.1) is 24.9 Å². The predicted octanol–water partition coefficient (Wildman–Crippen LogP) is 11.1. The van der Waals surface area contributed by atoms with E-state index in [4.69, 9.17) is 9.47 Å². The van der Waals surface area contributed by atoms with Crippen molar-refractivity contribution in [2.45, 2.75) is 186 Å². The van der Waals surface area contributed by atoms with Crippen molar-refractivity contribution in [1.82, 2.24) is 4.90 Å². The second-order valence-electron chi connectivity index (χ2n) is 14.0. The molecule has 1 rings (SSSR count). The molecule has 0 aromatic rings. The Kier molecular flexibility index (Phi) is 33.2. The molecule has 48 heavy (non-hydrogen) atoms. The highest BCUT2D eigenvalue weighted by Crippen LogP contribution is 2.19. The molecule has 5 nitrogen and oxygen atoms in total. The summed E-state index contributed by atoms with van der Waals surface area (Å²) < 4.78 is 12.7. The number of β-amino-alcohol motifs (C(OH)–C–C–N with tert-alkyl or cyclic N) is 1. The summed E-state index contributed by atoms with van der Waals surface area (Å²) in [5.41, 5.74) is 0. The van der Waals surface area contributed by atoms with Crippen LogP contribution in [0.2, 0.25) is 0 Å². The number of hydrogen-bond donors (Lipinski definition) is 2. The van der Waals surface area contributed by atoms with Crippen LogP contribution in [0.15, 0.2) is 48.6 Å². The number of allylic oxidation sites excluding steroid dienone is 8. The first-order valence-electron chi connectivity index (χ1n) is 20.6. The van der Waals surface area contributed by atoms with Crippen LogP contribution in [0.1, 0.15) is 168 Å². The lowest BCUT2D eigenvalue weighted by Gasteiger charge is -2.20. The fourth-order valence-electron chi connectivity index (χ4n) is 6.29. The standard InChI is InChI=1S/C43H79NO4/c1-3-5-7-9-11-13-15-17-19-21-23-25-27-29-31-33-35-47-42-38-44(37-41(46)40-45)39-43(42)48-36-34-32-30-28-26-24-22-20-18-16-14-12-10-8-6-4-2/h11-14,17-20,41-43,45-46H,3-10,15-16,21-40H2,1-2H3/t41?,42-,43-/m1/s1. The Bertz CT molecular complexity index is 721. The first kappa shape index (κ1) is 44.8. The van der Waals surface area contributed by atoms with E-state index in [-0.39, 0.29) is 18.8 Å². The van der Waals surface area contributed by atoms with Gasteiger partial charge in [0.1, 0.15) is 0 Å². The Labute approximate surface area is 298 Å². The van der Waals surface area contributed by atoms with Crippen LogP contribution in [0.5, 0.6) is 0 Å². The predicted molar refractivity (Wildman–Crippen MR) is 208 cm³/mol. The van der Waals surface area contributed by atoms with Crippen LogP contribution < -0.4 is 0 Å². The summed E-state index contributed by atoms with van der Waals surface area (Å²) in [6.45, 7) is 7.89. The summed E-state index contributed by atoms with van der Waals surface area (Å²) in [5, 5.41) is 19.3. The molecule has 0 aliphatic carbocycles. The minimum atomic E-state index is -0.704. The monoisotopic (exact) mass is 674 g/mol. The lowest BCUT2D eigenvalue weighted by atomic mass is 10.1. The van der Waals surface area contributed by atoms with Crippen molar-refractivity contribution in [2.24, 2.45) is 0 Å². The van der Waals surface area contributed by atoms with Crippen LogP contribution in [-0.2, 0) is 9.47 Å². The van der Waals surface area contributed by atoms with Gasteiger partial charge in [-0.25, -0.2) is 0 Å². The Morgan fingerprint density at radius 2 is 0.875 bits per heavy atom. The van der Waals surface area contributed by atoms with Crippen LogP contribution in [-0.4, -0.2) is 72.9 Å². The molecule has 1 aliphatic heterocycles. The van der Waals surface area contributed by atoms with Gasteiger partial charge in [0, 0.05) is 32.8 Å². The second kappa shape index (κ2) is 35.6. The van der Waals surface area contributed by atoms with Crippen molar-refractivity contribution in [3.63, 3.8) is 0 Å². The van der Waals surface area contributed by atoms with Crippen molar-refractivity contribution in [3.05, 3.63) is 48.6 Å². The molecule has 0 amide bonds. The SMILES string of the molecule is CCCCCC=CCC=CCCCCCCCCO[C@@H]1CN(CC(O)CO)C[C@H]1OCCCCCCCCC=CCC=CCCCCC. The van der Waals surface area contributed by atoms with E-state index in [1.165, 1.54) is 128 Å². The maximum absolute atomic E-state index is 9.97. The molecule has 0 aromatic heterocycles. The van der Waals surface area contributed by atoms with Gasteiger partial charge in [-0.15, -0.1) is 0 Å². The number of aliphatic hydroxyl groups is 2. The van der Waals surface area contributed by atoms with Gasteiger partial charge < -0.3 is 19.7 Å². The molecule has 0 radical (unpaired) electrons. The summed E-state index contributed by atoms with van der Waals surface area (Å²) in [5.74, 6) is 0. The number of aliphatic hydroxyl groups excluding tert-OH is 2. The van der Waals surface area contributed by atoms with Gasteiger partial charge in [-0.2, -0.15) is 0 Å². The number of likely N-dealkylation sites (tertiary alicyclic amines) is 1. The molecule has 1 fully saturated rings.